The van der Waals surface area contributed by atoms with Crippen LogP contribution in [0.2, 0.25) is 0 Å². The minimum absolute atomic E-state index is 0.273. The molecule has 0 radical (unpaired) electrons. The highest BCUT2D eigenvalue weighted by Crippen LogP contribution is 2.28. The fraction of sp³-hybridized carbons (Fsp3) is 0.308. The Balaban J connectivity index is 1.16. The minimum Gasteiger partial charge on any atom is -0.490 e. The lowest BCUT2D eigenvalue weighted by Gasteiger charge is -2.29. The summed E-state index contributed by atoms with van der Waals surface area (Å²) in [6.45, 7) is 2.76. The van der Waals surface area contributed by atoms with Crippen molar-refractivity contribution in [2.45, 2.75) is 51.3 Å². The molecule has 0 spiro atoms. The number of hydrogen-bond donors (Lipinski definition) is 1. The molecule has 5 nitrogen and oxygen atoms in total. The molecule has 5 rings (SSSR count). The molecule has 158 valence electrons. The molecule has 1 aliphatic carbocycles. The third-order valence-corrected chi connectivity index (χ3v) is 6.19. The number of fused-ring (bicyclic) bond motifs is 1. The number of nitrogens with one attached hydrogen (secondary N) is 1. The monoisotopic (exact) mass is 413 g/mol. The first-order chi connectivity index (χ1) is 15.3. The van der Waals surface area contributed by atoms with E-state index < -0.39 is 0 Å². The fourth-order valence-electron chi connectivity index (χ4n) is 4.38. The van der Waals surface area contributed by atoms with Crippen LogP contribution in [0.1, 0.15) is 37.0 Å². The predicted octanol–water partition coefficient (Wildman–Crippen LogP) is 5.68. The maximum absolute atomic E-state index is 6.28. The van der Waals surface area contributed by atoms with Gasteiger partial charge in [-0.05, 0) is 62.3 Å². The van der Waals surface area contributed by atoms with Gasteiger partial charge in [0.15, 0.2) is 0 Å². The SMILES string of the molecule is Cc1onc(-c2ccccc2)c1CNC1CCC(Oc2ccc3cnccc3c2)CC1. The summed E-state index contributed by atoms with van der Waals surface area (Å²) in [4.78, 5) is 4.17. The molecule has 5 heteroatoms. The lowest BCUT2D eigenvalue weighted by Crippen LogP contribution is -2.36. The Morgan fingerprint density at radius 1 is 1.00 bits per heavy atom. The second kappa shape index (κ2) is 8.90. The van der Waals surface area contributed by atoms with Gasteiger partial charge in [0, 0.05) is 41.5 Å². The van der Waals surface area contributed by atoms with Gasteiger partial charge < -0.3 is 14.6 Å². The van der Waals surface area contributed by atoms with Crippen LogP contribution in [0.4, 0.5) is 0 Å². The Kier molecular flexibility index (Phi) is 5.67. The Morgan fingerprint density at radius 3 is 2.68 bits per heavy atom. The topological polar surface area (TPSA) is 60.2 Å². The molecule has 1 N–H and O–H groups in total. The van der Waals surface area contributed by atoms with E-state index in [4.69, 9.17) is 9.26 Å². The summed E-state index contributed by atoms with van der Waals surface area (Å²) in [5, 5.41) is 10.3. The van der Waals surface area contributed by atoms with Crippen molar-refractivity contribution in [1.82, 2.24) is 15.5 Å². The third kappa shape index (κ3) is 4.47. The quantitative estimate of drug-likeness (QED) is 0.441. The van der Waals surface area contributed by atoms with E-state index in [1.165, 1.54) is 5.39 Å². The highest BCUT2D eigenvalue weighted by atomic mass is 16.5. The number of aryl methyl sites for hydroxylation is 1. The van der Waals surface area contributed by atoms with Crippen LogP contribution in [0.3, 0.4) is 0 Å². The van der Waals surface area contributed by atoms with Gasteiger partial charge in [-0.3, -0.25) is 4.98 Å². The first-order valence-corrected chi connectivity index (χ1v) is 11.0. The van der Waals surface area contributed by atoms with Crippen molar-refractivity contribution < 1.29 is 9.26 Å². The summed E-state index contributed by atoms with van der Waals surface area (Å²) >= 11 is 0. The molecule has 0 atom stereocenters. The molecule has 2 heterocycles. The maximum Gasteiger partial charge on any atom is 0.138 e. The summed E-state index contributed by atoms with van der Waals surface area (Å²) in [5.41, 5.74) is 3.18. The molecule has 4 aromatic rings. The number of hydrogen-bond acceptors (Lipinski definition) is 5. The van der Waals surface area contributed by atoms with E-state index in [0.717, 1.165) is 65.9 Å². The van der Waals surface area contributed by atoms with Crippen LogP contribution in [-0.4, -0.2) is 22.3 Å². The Labute approximate surface area is 182 Å². The number of ether oxygens (including phenoxy) is 1. The number of pyridine rings is 1. The predicted molar refractivity (Wildman–Crippen MR) is 122 cm³/mol. The van der Waals surface area contributed by atoms with E-state index in [1.807, 2.05) is 49.6 Å². The summed E-state index contributed by atoms with van der Waals surface area (Å²) in [6, 6.07) is 19.0. The van der Waals surface area contributed by atoms with E-state index in [2.05, 4.69) is 39.7 Å². The summed E-state index contributed by atoms with van der Waals surface area (Å²) in [7, 11) is 0. The van der Waals surface area contributed by atoms with Gasteiger partial charge in [-0.1, -0.05) is 35.5 Å². The maximum atomic E-state index is 6.28. The van der Waals surface area contributed by atoms with Crippen LogP contribution in [0.5, 0.6) is 5.75 Å². The minimum atomic E-state index is 0.273. The first-order valence-electron chi connectivity index (χ1n) is 11.0. The highest BCUT2D eigenvalue weighted by molar-refractivity contribution is 5.82. The van der Waals surface area contributed by atoms with Crippen molar-refractivity contribution in [3.63, 3.8) is 0 Å². The second-order valence-corrected chi connectivity index (χ2v) is 8.29. The number of aromatic nitrogens is 2. The summed E-state index contributed by atoms with van der Waals surface area (Å²) in [5.74, 6) is 1.83. The van der Waals surface area contributed by atoms with Crippen LogP contribution >= 0.6 is 0 Å². The second-order valence-electron chi connectivity index (χ2n) is 8.29. The first kappa shape index (κ1) is 19.8. The van der Waals surface area contributed by atoms with Gasteiger partial charge in [-0.15, -0.1) is 0 Å². The normalized spacial score (nSPS) is 18.9. The Bertz CT molecular complexity index is 1150. The van der Waals surface area contributed by atoms with Crippen LogP contribution in [-0.2, 0) is 6.54 Å². The molecule has 1 saturated carbocycles. The molecule has 31 heavy (non-hydrogen) atoms. The molecular weight excluding hydrogens is 386 g/mol. The Morgan fingerprint density at radius 2 is 1.84 bits per heavy atom. The number of nitrogens with zero attached hydrogens (tertiary/aromatic N) is 2. The van der Waals surface area contributed by atoms with Gasteiger partial charge >= 0.3 is 0 Å². The Hall–Kier alpha value is -3.18. The van der Waals surface area contributed by atoms with Crippen molar-refractivity contribution in [3.8, 4) is 17.0 Å². The smallest absolute Gasteiger partial charge is 0.138 e. The zero-order valence-corrected chi connectivity index (χ0v) is 17.8. The van der Waals surface area contributed by atoms with Gasteiger partial charge in [-0.2, -0.15) is 0 Å². The van der Waals surface area contributed by atoms with Gasteiger partial charge in [0.05, 0.1) is 6.10 Å². The average Bonchev–Trinajstić information content (AvgIpc) is 3.19. The molecule has 2 aromatic carbocycles. The van der Waals surface area contributed by atoms with E-state index in [0.29, 0.717) is 6.04 Å². The molecule has 2 aromatic heterocycles. The molecule has 0 aliphatic heterocycles. The van der Waals surface area contributed by atoms with Crippen molar-refractivity contribution in [1.29, 1.82) is 0 Å². The molecule has 0 bridgehead atoms. The van der Waals surface area contributed by atoms with Crippen LogP contribution < -0.4 is 10.1 Å². The molecule has 1 aliphatic rings. The third-order valence-electron chi connectivity index (χ3n) is 6.19. The number of rotatable bonds is 6. The van der Waals surface area contributed by atoms with E-state index in [9.17, 15) is 0 Å². The summed E-state index contributed by atoms with van der Waals surface area (Å²) < 4.78 is 11.8. The van der Waals surface area contributed by atoms with Crippen LogP contribution in [0.15, 0.2) is 71.5 Å². The van der Waals surface area contributed by atoms with Crippen molar-refractivity contribution in [2.75, 3.05) is 0 Å². The largest absolute Gasteiger partial charge is 0.490 e. The van der Waals surface area contributed by atoms with Crippen molar-refractivity contribution >= 4 is 10.8 Å². The van der Waals surface area contributed by atoms with E-state index in [1.54, 1.807) is 0 Å². The molecule has 0 unspecified atom stereocenters. The molecule has 0 saturated heterocycles. The van der Waals surface area contributed by atoms with Gasteiger partial charge in [0.25, 0.3) is 0 Å². The van der Waals surface area contributed by atoms with Gasteiger partial charge in [0.1, 0.15) is 17.2 Å². The van der Waals surface area contributed by atoms with Crippen LogP contribution in [0.25, 0.3) is 22.0 Å². The highest BCUT2D eigenvalue weighted by Gasteiger charge is 2.23. The number of benzene rings is 2. The standard InChI is InChI=1S/C26H27N3O2/c1-18-25(26(29-31-18)19-5-3-2-4-6-19)17-28-22-8-11-23(12-9-22)30-24-10-7-21-16-27-14-13-20(21)15-24/h2-7,10,13-16,22-23,28H,8-9,11-12,17H2,1H3. The molecule has 0 amide bonds. The van der Waals surface area contributed by atoms with E-state index in [-0.39, 0.29) is 6.10 Å². The van der Waals surface area contributed by atoms with Crippen molar-refractivity contribution in [2.24, 2.45) is 0 Å². The molecular formula is C26H27N3O2. The average molecular weight is 414 g/mol. The fourth-order valence-corrected chi connectivity index (χ4v) is 4.38. The van der Waals surface area contributed by atoms with Crippen LogP contribution in [0, 0.1) is 6.92 Å². The zero-order chi connectivity index (χ0) is 21.0. The van der Waals surface area contributed by atoms with Gasteiger partial charge in [0.2, 0.25) is 0 Å². The van der Waals surface area contributed by atoms with Crippen molar-refractivity contribution in [3.05, 3.63) is 78.3 Å². The molecule has 1 fully saturated rings. The summed E-state index contributed by atoms with van der Waals surface area (Å²) in [6.07, 6.45) is 8.30. The zero-order valence-electron chi connectivity index (χ0n) is 17.8. The van der Waals surface area contributed by atoms with Gasteiger partial charge in [-0.25, -0.2) is 0 Å². The lowest BCUT2D eigenvalue weighted by atomic mass is 9.92. The van der Waals surface area contributed by atoms with E-state index >= 15 is 0 Å². The lowest BCUT2D eigenvalue weighted by molar-refractivity contribution is 0.139.